The summed E-state index contributed by atoms with van der Waals surface area (Å²) in [6, 6.07) is 11.8. The number of carbonyl (C=O) groups is 1. The number of rotatable bonds is 3. The molecule has 2 aromatic carbocycles. The molecule has 0 spiro atoms. The molecule has 0 amide bonds. The highest BCUT2D eigenvalue weighted by Gasteiger charge is 2.30. The van der Waals surface area contributed by atoms with Crippen LogP contribution < -0.4 is 0 Å². The number of carbonyl (C=O) groups excluding carboxylic acids is 1. The van der Waals surface area contributed by atoms with E-state index >= 15 is 0 Å². The molecule has 0 N–H and O–H groups in total. The molecule has 5 heteroatoms. The van der Waals surface area contributed by atoms with Crippen molar-refractivity contribution in [3.8, 4) is 22.3 Å². The molecule has 0 atom stereocenters. The van der Waals surface area contributed by atoms with Gasteiger partial charge in [-0.15, -0.1) is 11.8 Å². The van der Waals surface area contributed by atoms with Crippen LogP contribution in [0.15, 0.2) is 52.0 Å². The predicted molar refractivity (Wildman–Crippen MR) is 105 cm³/mol. The van der Waals surface area contributed by atoms with Crippen LogP contribution in [0, 0.1) is 0 Å². The highest BCUT2D eigenvalue weighted by molar-refractivity contribution is 7.98. The van der Waals surface area contributed by atoms with E-state index in [1.54, 1.807) is 18.0 Å². The number of methoxy groups -OCH3 is 1. The Morgan fingerprint density at radius 1 is 1.15 bits per heavy atom. The van der Waals surface area contributed by atoms with Gasteiger partial charge in [0.15, 0.2) is 0 Å². The number of thioether (sulfide) groups is 1. The minimum atomic E-state index is -0.317. The Hall–Kier alpha value is -2.17. The average molecular weight is 385 g/mol. The van der Waals surface area contributed by atoms with E-state index in [0.29, 0.717) is 10.6 Å². The number of aryl methyl sites for hydroxylation is 1. The molecular formula is C21H17ClO3S. The molecule has 3 nitrogen and oxygen atoms in total. The van der Waals surface area contributed by atoms with Crippen molar-refractivity contribution in [3.63, 3.8) is 0 Å². The smallest absolute Gasteiger partial charge is 0.339 e. The van der Waals surface area contributed by atoms with Crippen LogP contribution in [0.4, 0.5) is 0 Å². The summed E-state index contributed by atoms with van der Waals surface area (Å²) >= 11 is 7.60. The molecule has 0 saturated carbocycles. The van der Waals surface area contributed by atoms with Crippen molar-refractivity contribution in [2.24, 2.45) is 0 Å². The number of hydrogen-bond acceptors (Lipinski definition) is 4. The van der Waals surface area contributed by atoms with Crippen LogP contribution in [0.25, 0.3) is 22.3 Å². The molecule has 0 fully saturated rings. The van der Waals surface area contributed by atoms with Crippen LogP contribution in [0.5, 0.6) is 0 Å². The number of hydrogen-bond donors (Lipinski definition) is 0. The van der Waals surface area contributed by atoms with Gasteiger partial charge in [-0.25, -0.2) is 4.79 Å². The summed E-state index contributed by atoms with van der Waals surface area (Å²) in [6.45, 7) is 0. The summed E-state index contributed by atoms with van der Waals surface area (Å²) in [5.41, 5.74) is 5.90. The lowest BCUT2D eigenvalue weighted by atomic mass is 9.82. The fourth-order valence-electron chi connectivity index (χ4n) is 3.60. The number of fused-ring (bicyclic) bond motifs is 3. The van der Waals surface area contributed by atoms with Crippen LogP contribution in [0.2, 0.25) is 5.02 Å². The van der Waals surface area contributed by atoms with E-state index < -0.39 is 0 Å². The molecule has 0 unspecified atom stereocenters. The Balaban J connectivity index is 2.06. The highest BCUT2D eigenvalue weighted by atomic mass is 35.5. The molecule has 26 heavy (non-hydrogen) atoms. The van der Waals surface area contributed by atoms with Gasteiger partial charge < -0.3 is 9.15 Å². The lowest BCUT2D eigenvalue weighted by Crippen LogP contribution is -2.13. The lowest BCUT2D eigenvalue weighted by molar-refractivity contribution is 0.0597. The maximum atomic E-state index is 12.6. The van der Waals surface area contributed by atoms with Crippen LogP contribution in [-0.2, 0) is 17.6 Å². The minimum Gasteiger partial charge on any atom is -0.469 e. The normalized spacial score (nSPS) is 12.4. The van der Waals surface area contributed by atoms with E-state index in [2.05, 4.69) is 6.07 Å². The second-order valence-electron chi connectivity index (χ2n) is 6.11. The molecular weight excluding hydrogens is 368 g/mol. The van der Waals surface area contributed by atoms with Crippen molar-refractivity contribution in [1.29, 1.82) is 0 Å². The molecule has 0 aliphatic heterocycles. The SMILES string of the molecule is COC(=O)c1c(SC)cc(-c2ccc(Cl)cc2)c2c1-c1ccoc1CC2. The van der Waals surface area contributed by atoms with Crippen LogP contribution >= 0.6 is 23.4 Å². The summed E-state index contributed by atoms with van der Waals surface area (Å²) in [6.07, 6.45) is 5.29. The van der Waals surface area contributed by atoms with Gasteiger partial charge in [0.25, 0.3) is 0 Å². The number of benzene rings is 2. The number of esters is 1. The Kier molecular flexibility index (Phi) is 4.55. The first kappa shape index (κ1) is 17.3. The summed E-state index contributed by atoms with van der Waals surface area (Å²) < 4.78 is 10.7. The van der Waals surface area contributed by atoms with Gasteiger partial charge in [-0.1, -0.05) is 23.7 Å². The molecule has 4 rings (SSSR count). The molecule has 132 valence electrons. The number of halogens is 1. The predicted octanol–water partition coefficient (Wildman–Crippen LogP) is 5.87. The van der Waals surface area contributed by atoms with Gasteiger partial charge in [-0.05, 0) is 53.6 Å². The van der Waals surface area contributed by atoms with Gasteiger partial charge in [0.1, 0.15) is 5.76 Å². The standard InChI is InChI=1S/C21H17ClO3S/c1-24-21(23)20-18(26-2)11-16(12-3-5-13(22)6-4-12)14-7-8-17-15(19(14)20)9-10-25-17/h3-6,9-11H,7-8H2,1-2H3. The van der Waals surface area contributed by atoms with Gasteiger partial charge in [-0.2, -0.15) is 0 Å². The van der Waals surface area contributed by atoms with Crippen LogP contribution in [0.3, 0.4) is 0 Å². The van der Waals surface area contributed by atoms with Crippen LogP contribution in [0.1, 0.15) is 21.7 Å². The summed E-state index contributed by atoms with van der Waals surface area (Å²) in [7, 11) is 1.42. The fraction of sp³-hybridized carbons (Fsp3) is 0.190. The highest BCUT2D eigenvalue weighted by Crippen LogP contribution is 2.45. The van der Waals surface area contributed by atoms with Crippen molar-refractivity contribution in [2.45, 2.75) is 17.7 Å². The monoisotopic (exact) mass is 384 g/mol. The van der Waals surface area contributed by atoms with Gasteiger partial charge in [0, 0.05) is 27.5 Å². The molecule has 0 bridgehead atoms. The fourth-order valence-corrected chi connectivity index (χ4v) is 4.36. The molecule has 3 aromatic rings. The Morgan fingerprint density at radius 3 is 2.62 bits per heavy atom. The Morgan fingerprint density at radius 2 is 1.92 bits per heavy atom. The van der Waals surface area contributed by atoms with Crippen molar-refractivity contribution in [1.82, 2.24) is 0 Å². The summed E-state index contributed by atoms with van der Waals surface area (Å²) in [5, 5.41) is 0.705. The zero-order valence-electron chi connectivity index (χ0n) is 14.5. The quantitative estimate of drug-likeness (QED) is 0.418. The second-order valence-corrected chi connectivity index (χ2v) is 7.40. The van der Waals surface area contributed by atoms with Crippen molar-refractivity contribution in [3.05, 3.63) is 64.6 Å². The van der Waals surface area contributed by atoms with Crippen LogP contribution in [-0.4, -0.2) is 19.3 Å². The van der Waals surface area contributed by atoms with Crippen molar-refractivity contribution >= 4 is 29.3 Å². The average Bonchev–Trinajstić information content (AvgIpc) is 3.15. The van der Waals surface area contributed by atoms with E-state index in [4.69, 9.17) is 20.8 Å². The Bertz CT molecular complexity index is 989. The molecule has 1 aliphatic carbocycles. The number of ether oxygens (including phenoxy) is 1. The minimum absolute atomic E-state index is 0.317. The molecule has 1 aliphatic rings. The molecule has 0 saturated heterocycles. The first-order valence-electron chi connectivity index (χ1n) is 8.29. The second kappa shape index (κ2) is 6.86. The molecule has 1 heterocycles. The zero-order valence-corrected chi connectivity index (χ0v) is 16.0. The van der Waals surface area contributed by atoms with Crippen molar-refractivity contribution in [2.75, 3.05) is 13.4 Å². The Labute approximate surface area is 161 Å². The number of furan rings is 1. The summed E-state index contributed by atoms with van der Waals surface area (Å²) in [4.78, 5) is 13.5. The van der Waals surface area contributed by atoms with Gasteiger partial charge >= 0.3 is 5.97 Å². The van der Waals surface area contributed by atoms with E-state index in [1.165, 1.54) is 7.11 Å². The maximum absolute atomic E-state index is 12.6. The third kappa shape index (κ3) is 2.74. The first-order chi connectivity index (χ1) is 12.6. The van der Waals surface area contributed by atoms with Crippen molar-refractivity contribution < 1.29 is 13.9 Å². The largest absolute Gasteiger partial charge is 0.469 e. The molecule has 0 radical (unpaired) electrons. The van der Waals surface area contributed by atoms with E-state index in [1.807, 2.05) is 36.6 Å². The van der Waals surface area contributed by atoms with E-state index in [9.17, 15) is 4.79 Å². The van der Waals surface area contributed by atoms with Gasteiger partial charge in [0.2, 0.25) is 0 Å². The van der Waals surface area contributed by atoms with Gasteiger partial charge in [-0.3, -0.25) is 0 Å². The van der Waals surface area contributed by atoms with E-state index in [0.717, 1.165) is 51.3 Å². The van der Waals surface area contributed by atoms with E-state index in [-0.39, 0.29) is 5.97 Å². The third-order valence-electron chi connectivity index (χ3n) is 4.78. The lowest BCUT2D eigenvalue weighted by Gasteiger charge is -2.24. The molecule has 1 aromatic heterocycles. The first-order valence-corrected chi connectivity index (χ1v) is 9.89. The topological polar surface area (TPSA) is 39.4 Å². The maximum Gasteiger partial charge on any atom is 0.339 e. The zero-order chi connectivity index (χ0) is 18.3. The van der Waals surface area contributed by atoms with Gasteiger partial charge in [0.05, 0.1) is 18.9 Å². The third-order valence-corrected chi connectivity index (χ3v) is 5.79. The summed E-state index contributed by atoms with van der Waals surface area (Å²) in [5.74, 6) is 0.602.